The number of rotatable bonds is 4. The van der Waals surface area contributed by atoms with Crippen molar-refractivity contribution < 1.29 is 0 Å². The van der Waals surface area contributed by atoms with Crippen LogP contribution in [-0.4, -0.2) is 9.13 Å². The Morgan fingerprint density at radius 3 is 1.57 bits per heavy atom. The third kappa shape index (κ3) is 4.43. The predicted molar refractivity (Wildman–Crippen MR) is 245 cm³/mol. The molecule has 12 aromatic rings. The molecular formula is C56H34N2. The summed E-state index contributed by atoms with van der Waals surface area (Å²) in [6.07, 6.45) is 0. The lowest BCUT2D eigenvalue weighted by molar-refractivity contribution is 1.18. The van der Waals surface area contributed by atoms with Crippen LogP contribution in [0.2, 0.25) is 0 Å². The molecule has 1 aliphatic rings. The van der Waals surface area contributed by atoms with Gasteiger partial charge in [0.1, 0.15) is 0 Å². The molecule has 2 aromatic heterocycles. The average Bonchev–Trinajstić information content (AvgIpc) is 3.92. The smallest absolute Gasteiger partial charge is 0.0547 e. The van der Waals surface area contributed by atoms with Crippen LogP contribution < -0.4 is 0 Å². The summed E-state index contributed by atoms with van der Waals surface area (Å²) in [5.41, 5.74) is 17.4. The van der Waals surface area contributed by atoms with E-state index in [4.69, 9.17) is 0 Å². The SMILES string of the molecule is c1ccc(-n2c3ccccc3c3cc(-c4ccc5c(c4)c4cc6ccccc6cc4n5-c4cccc(-c5ccc6c7c(cccc57)-c5ccccc5-6)c4)ccc32)cc1. The van der Waals surface area contributed by atoms with Gasteiger partial charge in [-0.1, -0.05) is 140 Å². The lowest BCUT2D eigenvalue weighted by atomic mass is 9.94. The van der Waals surface area contributed by atoms with Gasteiger partial charge >= 0.3 is 0 Å². The average molecular weight is 735 g/mol. The summed E-state index contributed by atoms with van der Waals surface area (Å²) in [7, 11) is 0. The first-order valence-electron chi connectivity index (χ1n) is 20.1. The maximum Gasteiger partial charge on any atom is 0.0547 e. The topological polar surface area (TPSA) is 9.86 Å². The molecule has 0 bridgehead atoms. The molecule has 1 aliphatic carbocycles. The van der Waals surface area contributed by atoms with E-state index in [1.165, 1.54) is 115 Å². The Morgan fingerprint density at radius 2 is 0.776 bits per heavy atom. The zero-order valence-corrected chi connectivity index (χ0v) is 31.5. The van der Waals surface area contributed by atoms with Crippen molar-refractivity contribution in [2.24, 2.45) is 0 Å². The number of benzene rings is 10. The fourth-order valence-corrected chi connectivity index (χ4v) is 10.0. The van der Waals surface area contributed by atoms with Crippen LogP contribution in [-0.2, 0) is 0 Å². The van der Waals surface area contributed by atoms with Gasteiger partial charge in [0.25, 0.3) is 0 Å². The number of aromatic nitrogens is 2. The van der Waals surface area contributed by atoms with E-state index >= 15 is 0 Å². The summed E-state index contributed by atoms with van der Waals surface area (Å²) in [5.74, 6) is 0. The Bertz CT molecular complexity index is 3650. The molecule has 0 saturated carbocycles. The molecule has 268 valence electrons. The van der Waals surface area contributed by atoms with Gasteiger partial charge in [-0.2, -0.15) is 0 Å². The molecule has 2 nitrogen and oxygen atoms in total. The van der Waals surface area contributed by atoms with Crippen molar-refractivity contribution in [3.05, 3.63) is 206 Å². The Morgan fingerprint density at radius 1 is 0.241 bits per heavy atom. The Kier molecular flexibility index (Phi) is 6.47. The highest BCUT2D eigenvalue weighted by Gasteiger charge is 2.23. The van der Waals surface area contributed by atoms with Crippen molar-refractivity contribution in [3.8, 4) is 55.9 Å². The molecule has 2 heterocycles. The van der Waals surface area contributed by atoms with Gasteiger partial charge in [-0.3, -0.25) is 0 Å². The molecule has 0 aliphatic heterocycles. The molecule has 0 spiro atoms. The van der Waals surface area contributed by atoms with Crippen molar-refractivity contribution in [1.29, 1.82) is 0 Å². The van der Waals surface area contributed by atoms with Crippen molar-refractivity contribution >= 4 is 65.2 Å². The maximum atomic E-state index is 2.47. The molecule has 0 N–H and O–H groups in total. The van der Waals surface area contributed by atoms with E-state index in [0.29, 0.717) is 0 Å². The monoisotopic (exact) mass is 734 g/mol. The van der Waals surface area contributed by atoms with E-state index in [1.54, 1.807) is 0 Å². The fourth-order valence-electron chi connectivity index (χ4n) is 10.0. The molecule has 0 radical (unpaired) electrons. The van der Waals surface area contributed by atoms with Gasteiger partial charge in [0.05, 0.1) is 22.1 Å². The lowest BCUT2D eigenvalue weighted by Gasteiger charge is -2.13. The highest BCUT2D eigenvalue weighted by Crippen LogP contribution is 2.49. The largest absolute Gasteiger partial charge is 0.309 e. The fraction of sp³-hybridized carbons (Fsp3) is 0. The van der Waals surface area contributed by atoms with Gasteiger partial charge in [0.15, 0.2) is 0 Å². The molecule has 0 fully saturated rings. The van der Waals surface area contributed by atoms with Gasteiger partial charge in [0, 0.05) is 32.9 Å². The summed E-state index contributed by atoms with van der Waals surface area (Å²) in [4.78, 5) is 0. The zero-order chi connectivity index (χ0) is 37.9. The summed E-state index contributed by atoms with van der Waals surface area (Å²) >= 11 is 0. The summed E-state index contributed by atoms with van der Waals surface area (Å²) < 4.78 is 4.85. The molecule has 10 aromatic carbocycles. The van der Waals surface area contributed by atoms with Crippen LogP contribution in [0.3, 0.4) is 0 Å². The van der Waals surface area contributed by atoms with Crippen LogP contribution in [0.1, 0.15) is 0 Å². The molecule has 13 rings (SSSR count). The third-order valence-corrected chi connectivity index (χ3v) is 12.6. The van der Waals surface area contributed by atoms with Gasteiger partial charge < -0.3 is 9.13 Å². The number of hydrogen-bond donors (Lipinski definition) is 0. The van der Waals surface area contributed by atoms with Crippen LogP contribution in [0.25, 0.3) is 121 Å². The van der Waals surface area contributed by atoms with Gasteiger partial charge in [-0.25, -0.2) is 0 Å². The molecule has 0 saturated heterocycles. The molecule has 0 amide bonds. The van der Waals surface area contributed by atoms with E-state index in [1.807, 2.05) is 0 Å². The first-order chi connectivity index (χ1) is 28.8. The van der Waals surface area contributed by atoms with E-state index in [-0.39, 0.29) is 0 Å². The first kappa shape index (κ1) is 31.5. The van der Waals surface area contributed by atoms with E-state index in [9.17, 15) is 0 Å². The quantitative estimate of drug-likeness (QED) is 0.170. The van der Waals surface area contributed by atoms with Crippen LogP contribution in [0.4, 0.5) is 0 Å². The summed E-state index contributed by atoms with van der Waals surface area (Å²) in [6, 6.07) is 76.3. The second-order valence-electron chi connectivity index (χ2n) is 15.7. The van der Waals surface area contributed by atoms with E-state index in [2.05, 4.69) is 215 Å². The van der Waals surface area contributed by atoms with Crippen molar-refractivity contribution in [3.63, 3.8) is 0 Å². The second kappa shape index (κ2) is 11.9. The molecule has 58 heavy (non-hydrogen) atoms. The van der Waals surface area contributed by atoms with E-state index in [0.717, 1.165) is 5.69 Å². The van der Waals surface area contributed by atoms with Gasteiger partial charge in [-0.05, 0) is 133 Å². The Balaban J connectivity index is 1.00. The Hall–Kier alpha value is -7.68. The first-order valence-corrected chi connectivity index (χ1v) is 20.1. The van der Waals surface area contributed by atoms with Crippen LogP contribution >= 0.6 is 0 Å². The predicted octanol–water partition coefficient (Wildman–Crippen LogP) is 15.2. The number of fused-ring (bicyclic) bond motifs is 10. The van der Waals surface area contributed by atoms with E-state index < -0.39 is 0 Å². The van der Waals surface area contributed by atoms with Crippen LogP contribution in [0.15, 0.2) is 206 Å². The van der Waals surface area contributed by atoms with Gasteiger partial charge in [0.2, 0.25) is 0 Å². The highest BCUT2D eigenvalue weighted by molar-refractivity contribution is 6.19. The number of nitrogens with zero attached hydrogens (tertiary/aromatic N) is 2. The lowest BCUT2D eigenvalue weighted by Crippen LogP contribution is -1.95. The van der Waals surface area contributed by atoms with Crippen LogP contribution in [0.5, 0.6) is 0 Å². The van der Waals surface area contributed by atoms with Crippen molar-refractivity contribution in [2.45, 2.75) is 0 Å². The minimum atomic E-state index is 1.15. The molecule has 2 heteroatoms. The van der Waals surface area contributed by atoms with Crippen molar-refractivity contribution in [1.82, 2.24) is 9.13 Å². The van der Waals surface area contributed by atoms with Gasteiger partial charge in [-0.15, -0.1) is 0 Å². The third-order valence-electron chi connectivity index (χ3n) is 12.6. The van der Waals surface area contributed by atoms with Crippen LogP contribution in [0, 0.1) is 0 Å². The summed E-state index contributed by atoms with van der Waals surface area (Å²) in [5, 5.41) is 10.2. The summed E-state index contributed by atoms with van der Waals surface area (Å²) in [6.45, 7) is 0. The maximum absolute atomic E-state index is 2.47. The number of para-hydroxylation sites is 2. The Labute approximate surface area is 335 Å². The molecular weight excluding hydrogens is 701 g/mol. The standard InChI is InChI=1S/C56H34N2/c1-2-15-40(16-3-1)57-52-23-9-8-20-45(52)49-32-37(24-28-53(49)57)38-25-29-54-50(33-38)51-31-35-12-4-5-13-36(35)34-55(51)58(54)41-17-10-14-39(30-41)42-26-27-48-44-19-7-6-18-43(44)47-22-11-21-46(42)56(47)48/h1-34H. The molecule has 0 atom stereocenters. The minimum Gasteiger partial charge on any atom is -0.309 e. The second-order valence-corrected chi connectivity index (χ2v) is 15.7. The normalized spacial score (nSPS) is 12.1. The molecule has 0 unspecified atom stereocenters. The van der Waals surface area contributed by atoms with Crippen molar-refractivity contribution in [2.75, 3.05) is 0 Å². The zero-order valence-electron chi connectivity index (χ0n) is 31.5. The number of hydrogen-bond acceptors (Lipinski definition) is 0. The minimum absolute atomic E-state index is 1.15. The highest BCUT2D eigenvalue weighted by atomic mass is 15.0.